The average Bonchev–Trinajstić information content (AvgIpc) is 3.00. The summed E-state index contributed by atoms with van der Waals surface area (Å²) >= 11 is 1.86. The molecule has 0 aliphatic carbocycles. The van der Waals surface area contributed by atoms with Gasteiger partial charge in [0.05, 0.1) is 5.71 Å². The van der Waals surface area contributed by atoms with Crippen LogP contribution in [-0.4, -0.2) is 35.5 Å². The van der Waals surface area contributed by atoms with Crippen LogP contribution in [0.4, 0.5) is 4.79 Å². The molecule has 0 unspecified atom stereocenters. The standard InChI is InChI=1S/C28H37N3OS.C5H12.C2H2/c1-5-21(3)24-13-11-23(12-14-24)16-19-33-25-15-10-22(4)26(20-25)27(6-2)29-30-28(32)31-17-8-7-9-18-31;1-3-5-4-2;1-2/h10-15,20H,3,5-9,16-19H2,1-2,4H3,(H,30,32);3-5H2,1-2H3;1-2H/b29-27+;;. The molecule has 1 N–H and O–H groups in total. The minimum Gasteiger partial charge on any atom is -0.323 e. The lowest BCUT2D eigenvalue weighted by Gasteiger charge is -2.25. The fourth-order valence-corrected chi connectivity index (χ4v) is 5.30. The van der Waals surface area contributed by atoms with Gasteiger partial charge < -0.3 is 4.90 Å². The summed E-state index contributed by atoms with van der Waals surface area (Å²) in [5.41, 5.74) is 9.77. The highest BCUT2D eigenvalue weighted by molar-refractivity contribution is 7.99. The molecule has 1 aliphatic heterocycles. The van der Waals surface area contributed by atoms with E-state index in [-0.39, 0.29) is 6.03 Å². The Morgan fingerprint density at radius 3 is 2.17 bits per heavy atom. The van der Waals surface area contributed by atoms with Gasteiger partial charge >= 0.3 is 6.03 Å². The predicted molar refractivity (Wildman–Crippen MR) is 177 cm³/mol. The number of aryl methyl sites for hydroxylation is 2. The zero-order valence-corrected chi connectivity index (χ0v) is 26.4. The monoisotopic (exact) mass is 561 g/mol. The Bertz CT molecular complexity index is 1060. The molecule has 0 radical (unpaired) electrons. The number of benzene rings is 2. The molecule has 1 aliphatic rings. The number of carbonyl (C=O) groups is 1. The second-order valence-electron chi connectivity index (χ2n) is 9.96. The summed E-state index contributed by atoms with van der Waals surface area (Å²) in [5, 5.41) is 4.51. The molecule has 0 bridgehead atoms. The van der Waals surface area contributed by atoms with Crippen molar-refractivity contribution in [1.82, 2.24) is 10.3 Å². The van der Waals surface area contributed by atoms with Gasteiger partial charge in [-0.3, -0.25) is 0 Å². The second-order valence-corrected chi connectivity index (χ2v) is 11.1. The van der Waals surface area contributed by atoms with E-state index in [4.69, 9.17) is 0 Å². The van der Waals surface area contributed by atoms with Gasteiger partial charge in [0.25, 0.3) is 0 Å². The average molecular weight is 562 g/mol. The molecule has 2 aromatic carbocycles. The Morgan fingerprint density at radius 1 is 0.975 bits per heavy atom. The lowest BCUT2D eigenvalue weighted by atomic mass is 10.0. The van der Waals surface area contributed by atoms with Crippen LogP contribution in [-0.2, 0) is 6.42 Å². The number of terminal acetylenes is 1. The van der Waals surface area contributed by atoms with Crippen LogP contribution in [0.5, 0.6) is 0 Å². The first-order valence-corrected chi connectivity index (χ1v) is 15.9. The maximum Gasteiger partial charge on any atom is 0.337 e. The van der Waals surface area contributed by atoms with Crippen LogP contribution < -0.4 is 5.43 Å². The van der Waals surface area contributed by atoms with E-state index >= 15 is 0 Å². The Labute approximate surface area is 249 Å². The molecule has 0 spiro atoms. The highest BCUT2D eigenvalue weighted by atomic mass is 32.2. The molecule has 218 valence electrons. The molecule has 1 fully saturated rings. The number of hydrogen-bond acceptors (Lipinski definition) is 3. The van der Waals surface area contributed by atoms with Gasteiger partial charge in [-0.25, -0.2) is 10.2 Å². The fraction of sp³-hybridized carbons (Fsp3) is 0.486. The Balaban J connectivity index is 0.00000103. The van der Waals surface area contributed by atoms with Crippen molar-refractivity contribution in [2.24, 2.45) is 5.10 Å². The maximum absolute atomic E-state index is 12.5. The van der Waals surface area contributed by atoms with E-state index in [1.54, 1.807) is 0 Å². The molecule has 40 heavy (non-hydrogen) atoms. The predicted octanol–water partition coefficient (Wildman–Crippen LogP) is 9.51. The number of urea groups is 1. The van der Waals surface area contributed by atoms with Crippen LogP contribution in [0, 0.1) is 19.8 Å². The van der Waals surface area contributed by atoms with E-state index in [9.17, 15) is 4.79 Å². The third kappa shape index (κ3) is 12.5. The summed E-state index contributed by atoms with van der Waals surface area (Å²) in [5.74, 6) is 1.01. The molecular formula is C35H51N3OS. The van der Waals surface area contributed by atoms with E-state index < -0.39 is 0 Å². The van der Waals surface area contributed by atoms with Crippen LogP contribution in [0.1, 0.15) is 101 Å². The minimum atomic E-state index is -0.0858. The third-order valence-corrected chi connectivity index (χ3v) is 7.94. The van der Waals surface area contributed by atoms with Gasteiger partial charge in [-0.15, -0.1) is 24.6 Å². The molecule has 2 amide bonds. The first-order valence-electron chi connectivity index (χ1n) is 14.9. The number of unbranched alkanes of at least 4 members (excludes halogenated alkanes) is 2. The van der Waals surface area contributed by atoms with Gasteiger partial charge in [-0.05, 0) is 79.8 Å². The Kier molecular flexibility index (Phi) is 18.3. The number of allylic oxidation sites excluding steroid dienone is 1. The minimum absolute atomic E-state index is 0.0858. The molecule has 2 aromatic rings. The van der Waals surface area contributed by atoms with Crippen LogP contribution in [0.2, 0.25) is 0 Å². The molecule has 0 aromatic heterocycles. The van der Waals surface area contributed by atoms with E-state index in [0.29, 0.717) is 0 Å². The number of likely N-dealkylation sites (tertiary alicyclic amines) is 1. The van der Waals surface area contributed by atoms with Crippen molar-refractivity contribution < 1.29 is 4.79 Å². The lowest BCUT2D eigenvalue weighted by Crippen LogP contribution is -2.41. The molecule has 1 heterocycles. The zero-order chi connectivity index (χ0) is 29.8. The fourth-order valence-electron chi connectivity index (χ4n) is 4.37. The summed E-state index contributed by atoms with van der Waals surface area (Å²) in [6.07, 6.45) is 18.2. The third-order valence-electron chi connectivity index (χ3n) is 6.94. The highest BCUT2D eigenvalue weighted by Crippen LogP contribution is 2.24. The van der Waals surface area contributed by atoms with Gasteiger partial charge in [0.2, 0.25) is 0 Å². The number of hydrogen-bond donors (Lipinski definition) is 1. The summed E-state index contributed by atoms with van der Waals surface area (Å²) in [7, 11) is 0. The number of piperidine rings is 1. The Hall–Kier alpha value is -2.97. The number of carbonyl (C=O) groups excluding carboxylic acids is 1. The summed E-state index contributed by atoms with van der Waals surface area (Å²) in [4.78, 5) is 15.5. The van der Waals surface area contributed by atoms with Crippen molar-refractivity contribution in [2.75, 3.05) is 18.8 Å². The van der Waals surface area contributed by atoms with Gasteiger partial charge in [-0.1, -0.05) is 83.9 Å². The lowest BCUT2D eigenvalue weighted by molar-refractivity contribution is 0.187. The first kappa shape index (κ1) is 35.1. The molecule has 0 atom stereocenters. The first-order chi connectivity index (χ1) is 19.4. The quantitative estimate of drug-likeness (QED) is 0.128. The van der Waals surface area contributed by atoms with Crippen molar-refractivity contribution in [1.29, 1.82) is 0 Å². The topological polar surface area (TPSA) is 44.7 Å². The summed E-state index contributed by atoms with van der Waals surface area (Å²) in [6, 6.07) is 15.2. The molecule has 4 nitrogen and oxygen atoms in total. The van der Waals surface area contributed by atoms with Crippen molar-refractivity contribution in [3.8, 4) is 12.8 Å². The Morgan fingerprint density at radius 2 is 1.62 bits per heavy atom. The largest absolute Gasteiger partial charge is 0.337 e. The van der Waals surface area contributed by atoms with Crippen LogP contribution in [0.3, 0.4) is 0 Å². The highest BCUT2D eigenvalue weighted by Gasteiger charge is 2.16. The second kappa shape index (κ2) is 20.9. The number of nitrogens with zero attached hydrogens (tertiary/aromatic N) is 2. The van der Waals surface area contributed by atoms with Crippen molar-refractivity contribution in [2.45, 2.75) is 97.3 Å². The number of hydrazone groups is 1. The number of thioether (sulfide) groups is 1. The van der Waals surface area contributed by atoms with E-state index in [0.717, 1.165) is 62.2 Å². The molecule has 5 heteroatoms. The molecular weight excluding hydrogens is 510 g/mol. The molecule has 3 rings (SSSR count). The van der Waals surface area contributed by atoms with E-state index in [1.807, 2.05) is 16.7 Å². The van der Waals surface area contributed by atoms with Gasteiger partial charge in [0.1, 0.15) is 0 Å². The smallest absolute Gasteiger partial charge is 0.323 e. The molecule has 1 saturated heterocycles. The number of rotatable bonds is 11. The maximum atomic E-state index is 12.5. The van der Waals surface area contributed by atoms with Crippen LogP contribution in [0.25, 0.3) is 5.57 Å². The number of amides is 2. The van der Waals surface area contributed by atoms with Crippen LogP contribution in [0.15, 0.2) is 59.0 Å². The summed E-state index contributed by atoms with van der Waals surface area (Å²) < 4.78 is 0. The van der Waals surface area contributed by atoms with Gasteiger partial charge in [-0.2, -0.15) is 5.10 Å². The van der Waals surface area contributed by atoms with Gasteiger partial charge in [0.15, 0.2) is 0 Å². The van der Waals surface area contributed by atoms with Crippen molar-refractivity contribution in [3.63, 3.8) is 0 Å². The van der Waals surface area contributed by atoms with Crippen LogP contribution >= 0.6 is 11.8 Å². The van der Waals surface area contributed by atoms with E-state index in [2.05, 4.69) is 107 Å². The molecule has 0 saturated carbocycles. The van der Waals surface area contributed by atoms with E-state index in [1.165, 1.54) is 52.8 Å². The number of nitrogens with one attached hydrogen (secondary N) is 1. The zero-order valence-electron chi connectivity index (χ0n) is 25.6. The van der Waals surface area contributed by atoms with Crippen molar-refractivity contribution >= 4 is 29.1 Å². The summed E-state index contributed by atoms with van der Waals surface area (Å²) in [6.45, 7) is 16.5. The SMILES string of the molecule is C#C.C=C(CC)c1ccc(CCSc2ccc(C)c(/C(CC)=N/NC(=O)N3CCCCC3)c2)cc1.CCCCC. The van der Waals surface area contributed by atoms with Crippen molar-refractivity contribution in [3.05, 3.63) is 71.3 Å². The normalized spacial score (nSPS) is 12.9. The van der Waals surface area contributed by atoms with Gasteiger partial charge in [0, 0.05) is 29.3 Å².